The molecule has 0 aliphatic carbocycles. The smallest absolute Gasteiger partial charge is 0.418 e. The first-order chi connectivity index (χ1) is 13.4. The first kappa shape index (κ1) is 19.3. The molecule has 146 valence electrons. The van der Waals surface area contributed by atoms with Crippen molar-refractivity contribution in [2.45, 2.75) is 12.9 Å². The van der Waals surface area contributed by atoms with E-state index in [2.05, 4.69) is 10.4 Å². The van der Waals surface area contributed by atoms with Crippen LogP contribution in [0.1, 0.15) is 16.1 Å². The highest BCUT2D eigenvalue weighted by atomic mass is 19.4. The number of nitrogens with zero attached hydrogens (tertiary/aromatic N) is 2. The van der Waals surface area contributed by atoms with E-state index >= 15 is 0 Å². The lowest BCUT2D eigenvalue weighted by atomic mass is 10.1. The van der Waals surface area contributed by atoms with Crippen molar-refractivity contribution in [2.24, 2.45) is 0 Å². The Morgan fingerprint density at radius 3 is 2.43 bits per heavy atom. The van der Waals surface area contributed by atoms with Gasteiger partial charge in [0, 0.05) is 6.20 Å². The number of benzene rings is 2. The summed E-state index contributed by atoms with van der Waals surface area (Å²) in [4.78, 5) is 12.2. The first-order valence-electron chi connectivity index (χ1n) is 8.15. The Labute approximate surface area is 158 Å². The summed E-state index contributed by atoms with van der Waals surface area (Å²) in [5, 5.41) is 6.26. The predicted molar refractivity (Wildman–Crippen MR) is 95.2 cm³/mol. The second-order valence-electron chi connectivity index (χ2n) is 5.69. The Morgan fingerprint density at radius 2 is 1.75 bits per heavy atom. The van der Waals surface area contributed by atoms with Crippen molar-refractivity contribution in [3.05, 3.63) is 72.1 Å². The standard InChI is InChI=1S/C19H16F3N3O3/c1-27-13-6-8-14(9-7-13)28-12-25-11-10-17(24-25)18(26)23-16-5-3-2-4-15(16)19(20,21)22/h2-11H,12H2,1H3,(H,23,26). The highest BCUT2D eigenvalue weighted by Crippen LogP contribution is 2.34. The summed E-state index contributed by atoms with van der Waals surface area (Å²) in [6.45, 7) is 0.0265. The maximum atomic E-state index is 13.0. The molecule has 1 N–H and O–H groups in total. The molecule has 2 aromatic carbocycles. The van der Waals surface area contributed by atoms with Crippen LogP contribution in [0.5, 0.6) is 11.5 Å². The molecule has 0 bridgehead atoms. The number of anilines is 1. The van der Waals surface area contributed by atoms with Gasteiger partial charge in [-0.3, -0.25) is 4.79 Å². The lowest BCUT2D eigenvalue weighted by Gasteiger charge is -2.12. The Kier molecular flexibility index (Phi) is 5.53. The molecule has 0 atom stereocenters. The first-order valence-corrected chi connectivity index (χ1v) is 8.15. The molecule has 3 rings (SSSR count). The molecule has 0 radical (unpaired) electrons. The number of aromatic nitrogens is 2. The molecule has 3 aromatic rings. The molecule has 0 saturated heterocycles. The molecule has 0 aliphatic heterocycles. The molecule has 0 saturated carbocycles. The number of hydrogen-bond acceptors (Lipinski definition) is 4. The Bertz CT molecular complexity index is 953. The van der Waals surface area contributed by atoms with E-state index in [0.29, 0.717) is 11.5 Å². The molecule has 1 heterocycles. The second-order valence-corrected chi connectivity index (χ2v) is 5.69. The molecular formula is C19H16F3N3O3. The molecule has 0 aliphatic rings. The van der Waals surface area contributed by atoms with Crippen LogP contribution in [0, 0.1) is 0 Å². The number of amides is 1. The van der Waals surface area contributed by atoms with E-state index in [-0.39, 0.29) is 18.1 Å². The highest BCUT2D eigenvalue weighted by Gasteiger charge is 2.33. The number of ether oxygens (including phenoxy) is 2. The predicted octanol–water partition coefficient (Wildman–Crippen LogP) is 4.20. The van der Waals surface area contributed by atoms with Gasteiger partial charge in [-0.1, -0.05) is 12.1 Å². The average molecular weight is 391 g/mol. The second kappa shape index (κ2) is 8.03. The summed E-state index contributed by atoms with van der Waals surface area (Å²) in [5.41, 5.74) is -1.29. The summed E-state index contributed by atoms with van der Waals surface area (Å²) in [6.07, 6.45) is -3.08. The van der Waals surface area contributed by atoms with Crippen LogP contribution in [-0.4, -0.2) is 22.8 Å². The number of alkyl halides is 3. The quantitative estimate of drug-likeness (QED) is 0.684. The van der Waals surface area contributed by atoms with Crippen molar-refractivity contribution in [3.8, 4) is 11.5 Å². The molecule has 0 fully saturated rings. The number of carbonyl (C=O) groups is 1. The largest absolute Gasteiger partial charge is 0.497 e. The Morgan fingerprint density at radius 1 is 1.07 bits per heavy atom. The van der Waals surface area contributed by atoms with Gasteiger partial charge in [-0.05, 0) is 42.5 Å². The molecular weight excluding hydrogens is 375 g/mol. The Balaban J connectivity index is 1.64. The zero-order valence-corrected chi connectivity index (χ0v) is 14.7. The molecule has 1 aromatic heterocycles. The van der Waals surface area contributed by atoms with E-state index < -0.39 is 17.6 Å². The Hall–Kier alpha value is -3.49. The molecule has 6 nitrogen and oxygen atoms in total. The minimum Gasteiger partial charge on any atom is -0.497 e. The van der Waals surface area contributed by atoms with Gasteiger partial charge in [-0.2, -0.15) is 18.3 Å². The van der Waals surface area contributed by atoms with E-state index in [1.807, 2.05) is 0 Å². The lowest BCUT2D eigenvalue weighted by molar-refractivity contribution is -0.136. The van der Waals surface area contributed by atoms with Crippen LogP contribution in [0.15, 0.2) is 60.8 Å². The van der Waals surface area contributed by atoms with E-state index in [1.165, 1.54) is 35.1 Å². The number of halogens is 3. The SMILES string of the molecule is COc1ccc(OCn2ccc(C(=O)Nc3ccccc3C(F)(F)F)n2)cc1. The van der Waals surface area contributed by atoms with Crippen LogP contribution in [0.2, 0.25) is 0 Å². The summed E-state index contributed by atoms with van der Waals surface area (Å²) in [6, 6.07) is 13.0. The highest BCUT2D eigenvalue weighted by molar-refractivity contribution is 6.03. The van der Waals surface area contributed by atoms with Crippen molar-refractivity contribution < 1.29 is 27.4 Å². The van der Waals surface area contributed by atoms with Gasteiger partial charge < -0.3 is 14.8 Å². The topological polar surface area (TPSA) is 65.4 Å². The zero-order valence-electron chi connectivity index (χ0n) is 14.7. The van der Waals surface area contributed by atoms with Gasteiger partial charge >= 0.3 is 6.18 Å². The third-order valence-electron chi connectivity index (χ3n) is 3.78. The van der Waals surface area contributed by atoms with Gasteiger partial charge in [0.25, 0.3) is 5.91 Å². The van der Waals surface area contributed by atoms with E-state index in [9.17, 15) is 18.0 Å². The molecule has 1 amide bonds. The number of methoxy groups -OCH3 is 1. The maximum Gasteiger partial charge on any atom is 0.418 e. The fourth-order valence-electron chi connectivity index (χ4n) is 2.39. The minimum atomic E-state index is -4.57. The number of para-hydroxylation sites is 1. The normalized spacial score (nSPS) is 11.1. The summed E-state index contributed by atoms with van der Waals surface area (Å²) in [7, 11) is 1.55. The van der Waals surface area contributed by atoms with Crippen LogP contribution in [0.3, 0.4) is 0 Å². The molecule has 9 heteroatoms. The van der Waals surface area contributed by atoms with Gasteiger partial charge in [-0.25, -0.2) is 4.68 Å². The third kappa shape index (κ3) is 4.61. The fourth-order valence-corrected chi connectivity index (χ4v) is 2.39. The van der Waals surface area contributed by atoms with E-state index in [0.717, 1.165) is 6.07 Å². The van der Waals surface area contributed by atoms with Gasteiger partial charge in [0.2, 0.25) is 0 Å². The number of hydrogen-bond donors (Lipinski definition) is 1. The van der Waals surface area contributed by atoms with Gasteiger partial charge in [0.05, 0.1) is 18.4 Å². The summed E-state index contributed by atoms with van der Waals surface area (Å²) < 4.78 is 51.0. The molecule has 28 heavy (non-hydrogen) atoms. The van der Waals surface area contributed by atoms with Crippen molar-refractivity contribution in [1.29, 1.82) is 0 Å². The van der Waals surface area contributed by atoms with Crippen molar-refractivity contribution >= 4 is 11.6 Å². The number of nitrogens with one attached hydrogen (secondary N) is 1. The van der Waals surface area contributed by atoms with Crippen LogP contribution >= 0.6 is 0 Å². The van der Waals surface area contributed by atoms with E-state index in [1.54, 1.807) is 31.4 Å². The number of rotatable bonds is 6. The third-order valence-corrected chi connectivity index (χ3v) is 3.78. The number of carbonyl (C=O) groups excluding carboxylic acids is 1. The zero-order chi connectivity index (χ0) is 20.1. The van der Waals surface area contributed by atoms with Crippen LogP contribution in [0.4, 0.5) is 18.9 Å². The molecule has 0 spiro atoms. The van der Waals surface area contributed by atoms with Gasteiger partial charge in [-0.15, -0.1) is 0 Å². The van der Waals surface area contributed by atoms with Crippen molar-refractivity contribution in [2.75, 3.05) is 12.4 Å². The van der Waals surface area contributed by atoms with Crippen molar-refractivity contribution in [3.63, 3.8) is 0 Å². The van der Waals surface area contributed by atoms with E-state index in [4.69, 9.17) is 9.47 Å². The van der Waals surface area contributed by atoms with Crippen LogP contribution in [-0.2, 0) is 12.9 Å². The van der Waals surface area contributed by atoms with Crippen molar-refractivity contribution in [1.82, 2.24) is 9.78 Å². The average Bonchev–Trinajstić information content (AvgIpc) is 3.15. The lowest BCUT2D eigenvalue weighted by Crippen LogP contribution is -2.17. The summed E-state index contributed by atoms with van der Waals surface area (Å²) in [5.74, 6) is 0.505. The van der Waals surface area contributed by atoms with Crippen LogP contribution in [0.25, 0.3) is 0 Å². The minimum absolute atomic E-state index is 0.0265. The maximum absolute atomic E-state index is 13.0. The van der Waals surface area contributed by atoms with Gasteiger partial charge in [0.15, 0.2) is 12.4 Å². The molecule has 0 unspecified atom stereocenters. The fraction of sp³-hybridized carbons (Fsp3) is 0.158. The monoisotopic (exact) mass is 391 g/mol. The summed E-state index contributed by atoms with van der Waals surface area (Å²) >= 11 is 0. The van der Waals surface area contributed by atoms with Gasteiger partial charge in [0.1, 0.15) is 11.5 Å². The van der Waals surface area contributed by atoms with Crippen LogP contribution < -0.4 is 14.8 Å².